The van der Waals surface area contributed by atoms with Gasteiger partial charge < -0.3 is 24.8 Å². The molecular weight excluding hydrogens is 272 g/mol. The first-order valence-corrected chi connectivity index (χ1v) is 6.45. The highest BCUT2D eigenvalue weighted by Crippen LogP contribution is 2.39. The van der Waals surface area contributed by atoms with Crippen molar-refractivity contribution in [2.75, 3.05) is 14.2 Å². The first-order chi connectivity index (χ1) is 10.0. The molecule has 3 N–H and O–H groups in total. The van der Waals surface area contributed by atoms with Gasteiger partial charge in [-0.15, -0.1) is 0 Å². The van der Waals surface area contributed by atoms with Crippen LogP contribution in [0.15, 0.2) is 36.4 Å². The van der Waals surface area contributed by atoms with Gasteiger partial charge in [0, 0.05) is 13.5 Å². The molecule has 112 valence electrons. The van der Waals surface area contributed by atoms with Crippen LogP contribution in [0, 0.1) is 0 Å². The Morgan fingerprint density at radius 1 is 1.00 bits per heavy atom. The van der Waals surface area contributed by atoms with E-state index in [1.807, 2.05) is 0 Å². The van der Waals surface area contributed by atoms with Crippen molar-refractivity contribution in [2.24, 2.45) is 0 Å². The maximum Gasteiger partial charge on any atom is 0.200 e. The van der Waals surface area contributed by atoms with E-state index in [1.165, 1.54) is 13.2 Å². The predicted molar refractivity (Wildman–Crippen MR) is 77.9 cm³/mol. The number of rotatable bonds is 5. The second kappa shape index (κ2) is 6.37. The van der Waals surface area contributed by atoms with Gasteiger partial charge in [0.25, 0.3) is 0 Å². The lowest BCUT2D eigenvalue weighted by Crippen LogP contribution is -2.05. The van der Waals surface area contributed by atoms with Gasteiger partial charge in [-0.2, -0.15) is 0 Å². The Morgan fingerprint density at radius 2 is 1.67 bits per heavy atom. The molecule has 0 spiro atoms. The number of hydrogen-bond acceptors (Lipinski definition) is 5. The molecule has 0 aromatic heterocycles. The van der Waals surface area contributed by atoms with Crippen LogP contribution in [0.3, 0.4) is 0 Å². The highest BCUT2D eigenvalue weighted by molar-refractivity contribution is 5.52. The van der Waals surface area contributed by atoms with Crippen LogP contribution in [0.4, 0.5) is 0 Å². The molecule has 0 saturated carbocycles. The van der Waals surface area contributed by atoms with Crippen LogP contribution in [-0.4, -0.2) is 29.5 Å². The highest BCUT2D eigenvalue weighted by atomic mass is 16.5. The summed E-state index contributed by atoms with van der Waals surface area (Å²) >= 11 is 0. The van der Waals surface area contributed by atoms with Crippen molar-refractivity contribution >= 4 is 0 Å². The first kappa shape index (κ1) is 15.0. The SMILES string of the molecule is COc1cc([C@H](Cc2ccc(O)cc2)OC)cc(O)c1O. The standard InChI is InChI=1S/C16H18O5/c1-20-14(7-10-3-5-12(17)6-4-10)11-8-13(18)16(19)15(9-11)21-2/h3-6,8-9,14,17-19H,7H2,1-2H3/t14-/m0/s1. The van der Waals surface area contributed by atoms with Crippen molar-refractivity contribution in [3.63, 3.8) is 0 Å². The van der Waals surface area contributed by atoms with Gasteiger partial charge in [0.15, 0.2) is 11.5 Å². The molecule has 0 radical (unpaired) electrons. The Balaban J connectivity index is 2.28. The molecule has 0 aliphatic carbocycles. The summed E-state index contributed by atoms with van der Waals surface area (Å²) in [7, 11) is 2.99. The number of phenols is 3. The summed E-state index contributed by atoms with van der Waals surface area (Å²) in [6, 6.07) is 9.90. The molecule has 5 nitrogen and oxygen atoms in total. The van der Waals surface area contributed by atoms with Gasteiger partial charge in [0.1, 0.15) is 5.75 Å². The smallest absolute Gasteiger partial charge is 0.200 e. The molecule has 1 atom stereocenters. The van der Waals surface area contributed by atoms with E-state index >= 15 is 0 Å². The highest BCUT2D eigenvalue weighted by Gasteiger charge is 2.17. The monoisotopic (exact) mass is 290 g/mol. The number of aromatic hydroxyl groups is 3. The van der Waals surface area contributed by atoms with Gasteiger partial charge in [0.05, 0.1) is 13.2 Å². The molecule has 2 rings (SSSR count). The van der Waals surface area contributed by atoms with Crippen molar-refractivity contribution in [3.05, 3.63) is 47.5 Å². The third-order valence-electron chi connectivity index (χ3n) is 3.31. The fourth-order valence-electron chi connectivity index (χ4n) is 2.14. The second-order valence-corrected chi connectivity index (χ2v) is 4.69. The molecule has 2 aromatic rings. The lowest BCUT2D eigenvalue weighted by atomic mass is 10.0. The molecule has 0 aliphatic rings. The average Bonchev–Trinajstić information content (AvgIpc) is 2.49. The molecular formula is C16H18O5. The number of hydrogen-bond donors (Lipinski definition) is 3. The Morgan fingerprint density at radius 3 is 2.24 bits per heavy atom. The minimum atomic E-state index is -0.310. The van der Waals surface area contributed by atoms with Crippen molar-refractivity contribution in [1.29, 1.82) is 0 Å². The van der Waals surface area contributed by atoms with Crippen LogP contribution in [0.5, 0.6) is 23.0 Å². The van der Waals surface area contributed by atoms with Crippen LogP contribution in [0.1, 0.15) is 17.2 Å². The van der Waals surface area contributed by atoms with Crippen LogP contribution in [-0.2, 0) is 11.2 Å². The first-order valence-electron chi connectivity index (χ1n) is 6.45. The summed E-state index contributed by atoms with van der Waals surface area (Å²) in [5.41, 5.74) is 1.67. The number of benzene rings is 2. The topological polar surface area (TPSA) is 79.2 Å². The molecule has 0 unspecified atom stereocenters. The molecule has 0 amide bonds. The van der Waals surface area contributed by atoms with Crippen LogP contribution < -0.4 is 4.74 Å². The van der Waals surface area contributed by atoms with Gasteiger partial charge in [-0.05, 0) is 35.4 Å². The zero-order chi connectivity index (χ0) is 15.4. The molecule has 5 heteroatoms. The van der Waals surface area contributed by atoms with E-state index in [4.69, 9.17) is 9.47 Å². The molecule has 0 saturated heterocycles. The zero-order valence-electron chi connectivity index (χ0n) is 11.9. The summed E-state index contributed by atoms with van der Waals surface area (Å²) in [5.74, 6) is -0.146. The maximum absolute atomic E-state index is 9.74. The van der Waals surface area contributed by atoms with Gasteiger partial charge in [-0.3, -0.25) is 0 Å². The summed E-state index contributed by atoms with van der Waals surface area (Å²) in [4.78, 5) is 0. The van der Waals surface area contributed by atoms with E-state index in [9.17, 15) is 15.3 Å². The van der Waals surface area contributed by atoms with E-state index in [2.05, 4.69) is 0 Å². The summed E-state index contributed by atoms with van der Waals surface area (Å²) in [6.07, 6.45) is 0.249. The molecule has 0 aliphatic heterocycles. The van der Waals surface area contributed by atoms with E-state index in [0.29, 0.717) is 12.0 Å². The Kier molecular flexibility index (Phi) is 4.55. The maximum atomic E-state index is 9.74. The average molecular weight is 290 g/mol. The summed E-state index contributed by atoms with van der Waals surface area (Å²) in [5, 5.41) is 28.7. The van der Waals surface area contributed by atoms with Gasteiger partial charge in [0.2, 0.25) is 5.75 Å². The minimum absolute atomic E-state index is 0.192. The number of methoxy groups -OCH3 is 2. The summed E-state index contributed by atoms with van der Waals surface area (Å²) in [6.45, 7) is 0. The molecule has 0 fully saturated rings. The van der Waals surface area contributed by atoms with E-state index < -0.39 is 0 Å². The summed E-state index contributed by atoms with van der Waals surface area (Å²) < 4.78 is 10.5. The number of phenolic OH excluding ortho intramolecular Hbond substituents is 3. The zero-order valence-corrected chi connectivity index (χ0v) is 11.9. The normalized spacial score (nSPS) is 12.1. The quantitative estimate of drug-likeness (QED) is 0.738. The molecule has 0 heterocycles. The van der Waals surface area contributed by atoms with Crippen molar-refractivity contribution in [3.8, 4) is 23.0 Å². The van der Waals surface area contributed by atoms with Crippen LogP contribution in [0.25, 0.3) is 0 Å². The Labute approximate surface area is 123 Å². The van der Waals surface area contributed by atoms with Crippen molar-refractivity contribution < 1.29 is 24.8 Å². The molecule has 0 bridgehead atoms. The van der Waals surface area contributed by atoms with E-state index in [0.717, 1.165) is 5.56 Å². The third kappa shape index (κ3) is 3.38. The third-order valence-corrected chi connectivity index (χ3v) is 3.31. The minimum Gasteiger partial charge on any atom is -0.508 e. The van der Waals surface area contributed by atoms with E-state index in [1.54, 1.807) is 37.4 Å². The number of ether oxygens (including phenoxy) is 2. The van der Waals surface area contributed by atoms with Crippen LogP contribution in [0.2, 0.25) is 0 Å². The van der Waals surface area contributed by atoms with E-state index in [-0.39, 0.29) is 29.1 Å². The van der Waals surface area contributed by atoms with Crippen molar-refractivity contribution in [1.82, 2.24) is 0 Å². The molecule has 2 aromatic carbocycles. The Hall–Kier alpha value is -2.40. The van der Waals surface area contributed by atoms with Crippen molar-refractivity contribution in [2.45, 2.75) is 12.5 Å². The Bertz CT molecular complexity index is 607. The van der Waals surface area contributed by atoms with Gasteiger partial charge in [-0.25, -0.2) is 0 Å². The van der Waals surface area contributed by atoms with Gasteiger partial charge >= 0.3 is 0 Å². The second-order valence-electron chi connectivity index (χ2n) is 4.69. The lowest BCUT2D eigenvalue weighted by Gasteiger charge is -2.18. The fourth-order valence-corrected chi connectivity index (χ4v) is 2.14. The lowest BCUT2D eigenvalue weighted by molar-refractivity contribution is 0.103. The predicted octanol–water partition coefficient (Wildman–Crippen LogP) is 2.74. The largest absolute Gasteiger partial charge is 0.508 e. The fraction of sp³-hybridized carbons (Fsp3) is 0.250. The van der Waals surface area contributed by atoms with Gasteiger partial charge in [-0.1, -0.05) is 12.1 Å². The van der Waals surface area contributed by atoms with Crippen LogP contribution >= 0.6 is 0 Å². The molecule has 21 heavy (non-hydrogen) atoms.